The van der Waals surface area contributed by atoms with Gasteiger partial charge in [0.05, 0.1) is 6.61 Å². The number of hydrogen-bond donors (Lipinski definition) is 0. The maximum Gasteiger partial charge on any atom is 0.333 e. The van der Waals surface area contributed by atoms with Crippen LogP contribution in [0.25, 0.3) is 0 Å². The van der Waals surface area contributed by atoms with Gasteiger partial charge in [-0.1, -0.05) is 26.3 Å². The molecule has 172 valence electrons. The van der Waals surface area contributed by atoms with Gasteiger partial charge in [0, 0.05) is 22.3 Å². The van der Waals surface area contributed by atoms with Crippen molar-refractivity contribution in [3.8, 4) is 0 Å². The minimum absolute atomic E-state index is 0.138. The van der Waals surface area contributed by atoms with Crippen LogP contribution >= 0.6 is 0 Å². The third-order valence-corrected chi connectivity index (χ3v) is 3.39. The van der Waals surface area contributed by atoms with Crippen molar-refractivity contribution < 1.29 is 42.9 Å². The summed E-state index contributed by atoms with van der Waals surface area (Å²) in [5.41, 5.74) is 0.663. The van der Waals surface area contributed by atoms with Crippen molar-refractivity contribution in [2.45, 2.75) is 39.9 Å². The Balaban J connectivity index is 5.15. The van der Waals surface area contributed by atoms with Crippen LogP contribution < -0.4 is 0 Å². The van der Waals surface area contributed by atoms with Gasteiger partial charge < -0.3 is 23.7 Å². The Morgan fingerprint density at radius 2 is 0.871 bits per heavy atom. The van der Waals surface area contributed by atoms with E-state index in [9.17, 15) is 19.2 Å². The molecule has 0 fully saturated rings. The average molecular weight is 438 g/mol. The van der Waals surface area contributed by atoms with Gasteiger partial charge in [0.15, 0.2) is 6.10 Å². The molecule has 1 atom stereocenters. The molecular formula is C22H30O9. The van der Waals surface area contributed by atoms with Crippen molar-refractivity contribution in [3.63, 3.8) is 0 Å². The number of carbonyl (C=O) groups excluding carboxylic acids is 4. The van der Waals surface area contributed by atoms with Crippen molar-refractivity contribution in [1.82, 2.24) is 0 Å². The molecule has 0 amide bonds. The van der Waals surface area contributed by atoms with E-state index in [1.807, 2.05) is 0 Å². The molecule has 1 unspecified atom stereocenters. The van der Waals surface area contributed by atoms with Gasteiger partial charge in [-0.2, -0.15) is 0 Å². The molecule has 0 saturated heterocycles. The van der Waals surface area contributed by atoms with E-state index in [0.717, 1.165) is 0 Å². The summed E-state index contributed by atoms with van der Waals surface area (Å²) in [6.45, 7) is 18.7. The molecule has 9 nitrogen and oxygen atoms in total. The molecule has 0 heterocycles. The van der Waals surface area contributed by atoms with E-state index in [0.29, 0.717) is 0 Å². The number of esters is 4. The molecule has 0 bridgehead atoms. The Morgan fingerprint density at radius 1 is 0.548 bits per heavy atom. The van der Waals surface area contributed by atoms with E-state index in [1.165, 1.54) is 27.7 Å². The Hall–Kier alpha value is -3.20. The number of rotatable bonds is 14. The molecule has 0 aliphatic carbocycles. The lowest BCUT2D eigenvalue weighted by molar-refractivity contribution is -0.164. The SMILES string of the molecule is C=C(C)C(=O)OCC(COC(=O)C(=C)C)OCC(COC(=O)C(=C)C)OC(=O)C(=C)C. The second-order valence-corrected chi connectivity index (χ2v) is 6.90. The first-order chi connectivity index (χ1) is 14.3. The molecule has 0 aromatic heterocycles. The molecule has 0 spiro atoms. The van der Waals surface area contributed by atoms with Gasteiger partial charge in [0.2, 0.25) is 0 Å². The van der Waals surface area contributed by atoms with Crippen LogP contribution in [0.1, 0.15) is 27.7 Å². The molecule has 9 heteroatoms. The maximum absolute atomic E-state index is 11.9. The summed E-state index contributed by atoms with van der Waals surface area (Å²) in [6.07, 6.45) is -1.89. The minimum Gasteiger partial charge on any atom is -0.459 e. The van der Waals surface area contributed by atoms with Gasteiger partial charge >= 0.3 is 23.9 Å². The number of hydrogen-bond acceptors (Lipinski definition) is 9. The van der Waals surface area contributed by atoms with E-state index in [2.05, 4.69) is 26.3 Å². The first-order valence-electron chi connectivity index (χ1n) is 9.31. The first kappa shape index (κ1) is 27.8. The van der Waals surface area contributed by atoms with Crippen LogP contribution in [0.5, 0.6) is 0 Å². The summed E-state index contributed by atoms with van der Waals surface area (Å²) >= 11 is 0. The Kier molecular flexibility index (Phi) is 12.5. The first-order valence-corrected chi connectivity index (χ1v) is 9.31. The molecule has 0 saturated carbocycles. The van der Waals surface area contributed by atoms with Crippen LogP contribution in [-0.4, -0.2) is 62.5 Å². The third-order valence-electron chi connectivity index (χ3n) is 3.39. The van der Waals surface area contributed by atoms with Crippen LogP contribution in [-0.2, 0) is 42.9 Å². The summed E-state index contributed by atoms with van der Waals surface area (Å²) in [7, 11) is 0. The lowest BCUT2D eigenvalue weighted by atomic mass is 10.3. The van der Waals surface area contributed by atoms with Crippen LogP contribution in [0.3, 0.4) is 0 Å². The summed E-state index contributed by atoms with van der Waals surface area (Å²) < 4.78 is 25.9. The molecule has 31 heavy (non-hydrogen) atoms. The normalized spacial score (nSPS) is 11.1. The highest BCUT2D eigenvalue weighted by molar-refractivity contribution is 5.88. The van der Waals surface area contributed by atoms with Gasteiger partial charge in [0.1, 0.15) is 25.9 Å². The van der Waals surface area contributed by atoms with Gasteiger partial charge in [-0.3, -0.25) is 0 Å². The van der Waals surface area contributed by atoms with Crippen molar-refractivity contribution in [1.29, 1.82) is 0 Å². The standard InChI is InChI=1S/C22H30O9/c1-13(2)19(23)28-9-17(10-29-20(24)14(3)4)27-11-18(31-22(26)16(7)8)12-30-21(25)15(5)6/h17-18H,1,3,5,7,9-12H2,2,4,6,8H3. The molecule has 0 radical (unpaired) electrons. The van der Waals surface area contributed by atoms with Crippen molar-refractivity contribution in [2.24, 2.45) is 0 Å². The summed E-state index contributed by atoms with van der Waals surface area (Å²) in [6, 6.07) is 0. The van der Waals surface area contributed by atoms with E-state index >= 15 is 0 Å². The highest BCUT2D eigenvalue weighted by Crippen LogP contribution is 2.07. The fourth-order valence-electron chi connectivity index (χ4n) is 1.63. The molecule has 0 N–H and O–H groups in total. The lowest BCUT2D eigenvalue weighted by Crippen LogP contribution is -2.35. The van der Waals surface area contributed by atoms with Gasteiger partial charge in [-0.25, -0.2) is 19.2 Å². The van der Waals surface area contributed by atoms with Gasteiger partial charge in [-0.15, -0.1) is 0 Å². The monoisotopic (exact) mass is 438 g/mol. The number of ether oxygens (including phenoxy) is 5. The van der Waals surface area contributed by atoms with Crippen molar-refractivity contribution in [3.05, 3.63) is 48.6 Å². The highest BCUT2D eigenvalue weighted by atomic mass is 16.6. The Labute approximate surface area is 182 Å². The molecule has 0 aromatic rings. The fraction of sp³-hybridized carbons (Fsp3) is 0.455. The molecule has 0 aromatic carbocycles. The zero-order valence-corrected chi connectivity index (χ0v) is 18.5. The predicted octanol–water partition coefficient (Wildman–Crippen LogP) is 2.22. The maximum atomic E-state index is 11.9. The predicted molar refractivity (Wildman–Crippen MR) is 112 cm³/mol. The zero-order valence-electron chi connectivity index (χ0n) is 18.5. The van der Waals surface area contributed by atoms with Gasteiger partial charge in [0.25, 0.3) is 0 Å². The van der Waals surface area contributed by atoms with Crippen LogP contribution in [0.15, 0.2) is 48.6 Å². The van der Waals surface area contributed by atoms with E-state index in [-0.39, 0.29) is 48.7 Å². The molecule has 0 aliphatic heterocycles. The van der Waals surface area contributed by atoms with Crippen molar-refractivity contribution >= 4 is 23.9 Å². The largest absolute Gasteiger partial charge is 0.459 e. The average Bonchev–Trinajstić information content (AvgIpc) is 2.69. The van der Waals surface area contributed by atoms with E-state index in [4.69, 9.17) is 23.7 Å². The van der Waals surface area contributed by atoms with E-state index < -0.39 is 36.1 Å². The Bertz CT molecular complexity index is 718. The lowest BCUT2D eigenvalue weighted by Gasteiger charge is -2.22. The molecule has 0 rings (SSSR count). The van der Waals surface area contributed by atoms with Crippen LogP contribution in [0.2, 0.25) is 0 Å². The van der Waals surface area contributed by atoms with Crippen LogP contribution in [0, 0.1) is 0 Å². The summed E-state index contributed by atoms with van der Waals surface area (Å²) in [4.78, 5) is 46.8. The quantitative estimate of drug-likeness (QED) is 0.229. The van der Waals surface area contributed by atoms with Crippen LogP contribution in [0.4, 0.5) is 0 Å². The number of carbonyl (C=O) groups is 4. The smallest absolute Gasteiger partial charge is 0.333 e. The zero-order chi connectivity index (χ0) is 24.1. The third kappa shape index (κ3) is 12.2. The van der Waals surface area contributed by atoms with Gasteiger partial charge in [-0.05, 0) is 27.7 Å². The topological polar surface area (TPSA) is 114 Å². The fourth-order valence-corrected chi connectivity index (χ4v) is 1.63. The highest BCUT2D eigenvalue weighted by Gasteiger charge is 2.22. The van der Waals surface area contributed by atoms with E-state index in [1.54, 1.807) is 0 Å². The second kappa shape index (κ2) is 13.9. The minimum atomic E-state index is -0.997. The van der Waals surface area contributed by atoms with Crippen molar-refractivity contribution in [2.75, 3.05) is 26.4 Å². The summed E-state index contributed by atoms with van der Waals surface area (Å²) in [5, 5.41) is 0. The molecule has 0 aliphatic rings. The molecular weight excluding hydrogens is 408 g/mol. The Morgan fingerprint density at radius 3 is 1.19 bits per heavy atom. The second-order valence-electron chi connectivity index (χ2n) is 6.90. The summed E-state index contributed by atoms with van der Waals surface area (Å²) in [5.74, 6) is -2.68.